The molecule has 2 saturated carbocycles. The van der Waals surface area contributed by atoms with Crippen molar-refractivity contribution in [1.82, 2.24) is 5.32 Å². The Morgan fingerprint density at radius 1 is 1.04 bits per heavy atom. The maximum atomic E-state index is 12.7. The number of carbonyl (C=O) groups excluding carboxylic acids is 1. The second kappa shape index (κ2) is 7.00. The number of nitrogens with one attached hydrogen (secondary N) is 2. The summed E-state index contributed by atoms with van der Waals surface area (Å²) in [5, 5.41) is 3.11. The first-order valence-corrected chi connectivity index (χ1v) is 10.9. The Kier molecular flexibility index (Phi) is 4.68. The molecule has 0 aromatic heterocycles. The van der Waals surface area contributed by atoms with Gasteiger partial charge in [-0.05, 0) is 67.9 Å². The van der Waals surface area contributed by atoms with E-state index in [1.54, 1.807) is 24.3 Å². The Hall–Kier alpha value is -2.34. The summed E-state index contributed by atoms with van der Waals surface area (Å²) in [7, 11) is -3.76. The number of para-hydroxylation sites is 1. The average molecular weight is 385 g/mol. The molecule has 0 spiro atoms. The topological polar surface area (TPSA) is 75.3 Å². The molecule has 0 radical (unpaired) electrons. The molecule has 0 saturated heterocycles. The van der Waals surface area contributed by atoms with Gasteiger partial charge in [0, 0.05) is 11.6 Å². The summed E-state index contributed by atoms with van der Waals surface area (Å²) >= 11 is 0. The number of hydrogen-bond donors (Lipinski definition) is 2. The fraction of sp³-hybridized carbons (Fsp3) is 0.381. The molecule has 0 unspecified atom stereocenters. The van der Waals surface area contributed by atoms with Gasteiger partial charge in [-0.25, -0.2) is 8.42 Å². The van der Waals surface area contributed by atoms with Crippen LogP contribution in [-0.2, 0) is 10.0 Å². The molecule has 5 nitrogen and oxygen atoms in total. The largest absolute Gasteiger partial charge is 0.349 e. The van der Waals surface area contributed by atoms with Crippen LogP contribution in [0.4, 0.5) is 5.69 Å². The molecule has 27 heavy (non-hydrogen) atoms. The van der Waals surface area contributed by atoms with E-state index < -0.39 is 10.0 Å². The molecule has 0 heterocycles. The van der Waals surface area contributed by atoms with E-state index in [-0.39, 0.29) is 16.8 Å². The molecule has 2 aliphatic rings. The summed E-state index contributed by atoms with van der Waals surface area (Å²) in [5.41, 5.74) is 1.76. The predicted molar refractivity (Wildman–Crippen MR) is 105 cm³/mol. The Labute approximate surface area is 160 Å². The standard InChI is InChI=1S/C21H24N2O3S/c1-14-5-2-3-8-19(14)23-27(25,26)18-7-4-6-17(13-18)21(24)22-20-12-15-9-10-16(20)11-15/h2-8,13,15-16,20,23H,9-12H2,1H3,(H,22,24)/t15-,16-,20-/m1/s1. The van der Waals surface area contributed by atoms with Crippen molar-refractivity contribution in [2.75, 3.05) is 4.72 Å². The monoisotopic (exact) mass is 384 g/mol. The molecule has 2 fully saturated rings. The third kappa shape index (κ3) is 3.72. The highest BCUT2D eigenvalue weighted by Crippen LogP contribution is 2.44. The zero-order valence-electron chi connectivity index (χ0n) is 15.3. The van der Waals surface area contributed by atoms with Gasteiger partial charge >= 0.3 is 0 Å². The van der Waals surface area contributed by atoms with Crippen LogP contribution in [0.5, 0.6) is 0 Å². The minimum absolute atomic E-state index is 0.0892. The molecule has 2 N–H and O–H groups in total. The van der Waals surface area contributed by atoms with Crippen molar-refractivity contribution < 1.29 is 13.2 Å². The fourth-order valence-electron chi connectivity index (χ4n) is 4.37. The molecule has 6 heteroatoms. The maximum Gasteiger partial charge on any atom is 0.261 e. The highest BCUT2D eigenvalue weighted by Gasteiger charge is 2.40. The van der Waals surface area contributed by atoms with Crippen LogP contribution in [0.3, 0.4) is 0 Å². The van der Waals surface area contributed by atoms with Gasteiger partial charge in [0.1, 0.15) is 0 Å². The smallest absolute Gasteiger partial charge is 0.261 e. The number of anilines is 1. The number of benzene rings is 2. The van der Waals surface area contributed by atoms with Crippen LogP contribution < -0.4 is 10.0 Å². The van der Waals surface area contributed by atoms with Crippen LogP contribution in [0.2, 0.25) is 0 Å². The average Bonchev–Trinajstić information content (AvgIpc) is 3.27. The van der Waals surface area contributed by atoms with Crippen LogP contribution in [0.15, 0.2) is 53.4 Å². The van der Waals surface area contributed by atoms with E-state index in [4.69, 9.17) is 0 Å². The van der Waals surface area contributed by atoms with Crippen LogP contribution >= 0.6 is 0 Å². The van der Waals surface area contributed by atoms with Crippen LogP contribution in [0.25, 0.3) is 0 Å². The molecule has 2 aliphatic carbocycles. The number of sulfonamides is 1. The Morgan fingerprint density at radius 3 is 2.56 bits per heavy atom. The molecule has 2 aromatic rings. The van der Waals surface area contributed by atoms with Gasteiger partial charge in [-0.2, -0.15) is 0 Å². The lowest BCUT2D eigenvalue weighted by Crippen LogP contribution is -2.38. The second-order valence-corrected chi connectivity index (χ2v) is 9.39. The van der Waals surface area contributed by atoms with Gasteiger partial charge in [0.05, 0.1) is 10.6 Å². The lowest BCUT2D eigenvalue weighted by Gasteiger charge is -2.23. The summed E-state index contributed by atoms with van der Waals surface area (Å²) in [5.74, 6) is 1.12. The summed E-state index contributed by atoms with van der Waals surface area (Å²) < 4.78 is 28.1. The van der Waals surface area contributed by atoms with Gasteiger partial charge in [-0.1, -0.05) is 30.7 Å². The van der Waals surface area contributed by atoms with Crippen molar-refractivity contribution in [2.24, 2.45) is 11.8 Å². The molecule has 3 atom stereocenters. The highest BCUT2D eigenvalue weighted by atomic mass is 32.2. The van der Waals surface area contributed by atoms with Crippen LogP contribution in [0, 0.1) is 18.8 Å². The molecule has 1 amide bonds. The number of rotatable bonds is 5. The van der Waals surface area contributed by atoms with Gasteiger partial charge < -0.3 is 5.32 Å². The number of amides is 1. The van der Waals surface area contributed by atoms with E-state index >= 15 is 0 Å². The van der Waals surface area contributed by atoms with Crippen molar-refractivity contribution >= 4 is 21.6 Å². The highest BCUT2D eigenvalue weighted by molar-refractivity contribution is 7.92. The quantitative estimate of drug-likeness (QED) is 0.825. The Bertz CT molecular complexity index is 971. The number of aryl methyl sites for hydroxylation is 1. The number of fused-ring (bicyclic) bond motifs is 2. The summed E-state index contributed by atoms with van der Waals surface area (Å²) in [6, 6.07) is 13.7. The van der Waals surface area contributed by atoms with E-state index in [0.717, 1.165) is 17.9 Å². The van der Waals surface area contributed by atoms with Crippen molar-refractivity contribution in [3.05, 3.63) is 59.7 Å². The Balaban J connectivity index is 1.51. The number of carbonyl (C=O) groups is 1. The van der Waals surface area contributed by atoms with E-state index in [9.17, 15) is 13.2 Å². The third-order valence-corrected chi connectivity index (χ3v) is 7.21. The van der Waals surface area contributed by atoms with Crippen molar-refractivity contribution in [3.8, 4) is 0 Å². The molecular weight excluding hydrogens is 360 g/mol. The third-order valence-electron chi connectivity index (χ3n) is 5.85. The first-order valence-electron chi connectivity index (χ1n) is 9.42. The summed E-state index contributed by atoms with van der Waals surface area (Å²) in [4.78, 5) is 12.7. The van der Waals surface area contributed by atoms with Gasteiger partial charge in [0.15, 0.2) is 0 Å². The van der Waals surface area contributed by atoms with Gasteiger partial charge in [0.2, 0.25) is 0 Å². The maximum absolute atomic E-state index is 12.7. The summed E-state index contributed by atoms with van der Waals surface area (Å²) in [6.07, 6.45) is 4.71. The molecule has 142 valence electrons. The Morgan fingerprint density at radius 2 is 1.85 bits per heavy atom. The minimum atomic E-state index is -3.76. The van der Waals surface area contributed by atoms with Gasteiger partial charge in [-0.15, -0.1) is 0 Å². The lowest BCUT2D eigenvalue weighted by atomic mass is 9.95. The first kappa shape index (κ1) is 18.0. The molecule has 0 aliphatic heterocycles. The SMILES string of the molecule is Cc1ccccc1NS(=O)(=O)c1cccc(C(=O)N[C@@H]2C[C@@H]3CC[C@@H]2C3)c1. The van der Waals surface area contributed by atoms with E-state index in [2.05, 4.69) is 10.0 Å². The van der Waals surface area contributed by atoms with Crippen molar-refractivity contribution in [1.29, 1.82) is 0 Å². The zero-order valence-corrected chi connectivity index (χ0v) is 16.1. The predicted octanol–water partition coefficient (Wildman–Crippen LogP) is 3.71. The molecule has 4 rings (SSSR count). The van der Waals surface area contributed by atoms with Crippen LogP contribution in [-0.4, -0.2) is 20.4 Å². The number of hydrogen-bond acceptors (Lipinski definition) is 3. The zero-order chi connectivity index (χ0) is 19.0. The van der Waals surface area contributed by atoms with E-state index in [1.165, 1.54) is 31.4 Å². The van der Waals surface area contributed by atoms with Gasteiger partial charge in [0.25, 0.3) is 15.9 Å². The second-order valence-electron chi connectivity index (χ2n) is 7.70. The molecular formula is C21H24N2O3S. The lowest BCUT2D eigenvalue weighted by molar-refractivity contribution is 0.0922. The normalized spacial score (nSPS) is 24.0. The van der Waals surface area contributed by atoms with E-state index in [1.807, 2.05) is 19.1 Å². The molecule has 2 aromatic carbocycles. The van der Waals surface area contributed by atoms with Crippen molar-refractivity contribution in [2.45, 2.75) is 43.5 Å². The van der Waals surface area contributed by atoms with Crippen molar-refractivity contribution in [3.63, 3.8) is 0 Å². The fourth-order valence-corrected chi connectivity index (χ4v) is 5.55. The van der Waals surface area contributed by atoms with Crippen LogP contribution in [0.1, 0.15) is 41.6 Å². The van der Waals surface area contributed by atoms with Gasteiger partial charge in [-0.3, -0.25) is 9.52 Å². The summed E-state index contributed by atoms with van der Waals surface area (Å²) in [6.45, 7) is 1.84. The first-order chi connectivity index (χ1) is 12.9. The minimum Gasteiger partial charge on any atom is -0.349 e. The molecule has 2 bridgehead atoms. The van der Waals surface area contributed by atoms with E-state index in [0.29, 0.717) is 17.2 Å².